The Morgan fingerprint density at radius 2 is 1.94 bits per heavy atom. The predicted molar refractivity (Wildman–Crippen MR) is 66.2 cm³/mol. The molecule has 0 spiro atoms. The van der Waals surface area contributed by atoms with E-state index >= 15 is 0 Å². The summed E-state index contributed by atoms with van der Waals surface area (Å²) < 4.78 is 0. The van der Waals surface area contributed by atoms with Crippen LogP contribution in [0.2, 0.25) is 0 Å². The number of nitrogens with one attached hydrogen (secondary N) is 1. The van der Waals surface area contributed by atoms with E-state index in [0.717, 1.165) is 12.8 Å². The molecule has 0 amide bonds. The minimum atomic E-state index is -0.678. The van der Waals surface area contributed by atoms with Gasteiger partial charge in [-0.3, -0.25) is 5.32 Å². The molecule has 1 aromatic carbocycles. The lowest BCUT2D eigenvalue weighted by molar-refractivity contribution is 0.00503. The average molecular weight is 219 g/mol. The van der Waals surface area contributed by atoms with Crippen molar-refractivity contribution >= 4 is 0 Å². The van der Waals surface area contributed by atoms with Gasteiger partial charge in [0.05, 0.1) is 11.1 Å². The van der Waals surface area contributed by atoms with E-state index in [2.05, 4.69) is 31.3 Å². The zero-order valence-corrected chi connectivity index (χ0v) is 10.3. The standard InChI is InChI=1S/C14H21NO/c1-4-10-13(3,16)14(11(2)15-14)12-8-6-5-7-9-12/h5-9,11,15-16H,4,10H2,1-3H3/t11?,13-,14?/m1/s1. The maximum Gasteiger partial charge on any atom is 0.0879 e. The Labute approximate surface area is 97.7 Å². The molecule has 1 heterocycles. The maximum atomic E-state index is 10.7. The molecule has 1 aliphatic rings. The number of hydrogen-bond acceptors (Lipinski definition) is 2. The van der Waals surface area contributed by atoms with Crippen LogP contribution in [-0.2, 0) is 5.54 Å². The van der Waals surface area contributed by atoms with Crippen molar-refractivity contribution in [3.05, 3.63) is 35.9 Å². The van der Waals surface area contributed by atoms with Crippen LogP contribution in [0.3, 0.4) is 0 Å². The van der Waals surface area contributed by atoms with Gasteiger partial charge in [0.1, 0.15) is 0 Å². The van der Waals surface area contributed by atoms with Crippen LogP contribution in [0.4, 0.5) is 0 Å². The van der Waals surface area contributed by atoms with Gasteiger partial charge in [-0.1, -0.05) is 43.7 Å². The lowest BCUT2D eigenvalue weighted by Crippen LogP contribution is -2.43. The van der Waals surface area contributed by atoms with Crippen LogP contribution in [0.15, 0.2) is 30.3 Å². The van der Waals surface area contributed by atoms with Gasteiger partial charge < -0.3 is 5.11 Å². The number of rotatable bonds is 4. The van der Waals surface area contributed by atoms with Crippen molar-refractivity contribution in [2.24, 2.45) is 0 Å². The highest BCUT2D eigenvalue weighted by molar-refractivity contribution is 5.38. The summed E-state index contributed by atoms with van der Waals surface area (Å²) in [6.07, 6.45) is 1.81. The fourth-order valence-electron chi connectivity index (χ4n) is 2.95. The first-order valence-corrected chi connectivity index (χ1v) is 6.10. The Balaban J connectivity index is 2.35. The minimum absolute atomic E-state index is 0.246. The first-order chi connectivity index (χ1) is 7.54. The maximum absolute atomic E-state index is 10.7. The Kier molecular flexibility index (Phi) is 2.81. The fourth-order valence-corrected chi connectivity index (χ4v) is 2.95. The first kappa shape index (κ1) is 11.6. The monoisotopic (exact) mass is 219 g/mol. The second kappa shape index (κ2) is 3.86. The molecule has 2 heteroatoms. The van der Waals surface area contributed by atoms with Crippen molar-refractivity contribution in [1.29, 1.82) is 0 Å². The summed E-state index contributed by atoms with van der Waals surface area (Å²) >= 11 is 0. The van der Waals surface area contributed by atoms with Crippen molar-refractivity contribution < 1.29 is 5.11 Å². The van der Waals surface area contributed by atoms with E-state index in [1.807, 2.05) is 25.1 Å². The van der Waals surface area contributed by atoms with Gasteiger partial charge in [0.25, 0.3) is 0 Å². The number of benzene rings is 1. The molecule has 1 aliphatic heterocycles. The van der Waals surface area contributed by atoms with Crippen LogP contribution in [0.1, 0.15) is 39.2 Å². The van der Waals surface area contributed by atoms with Gasteiger partial charge in [-0.05, 0) is 25.8 Å². The first-order valence-electron chi connectivity index (χ1n) is 6.10. The summed E-state index contributed by atoms with van der Waals surface area (Å²) in [6.45, 7) is 6.19. The van der Waals surface area contributed by atoms with E-state index in [1.165, 1.54) is 5.56 Å². The largest absolute Gasteiger partial charge is 0.388 e. The second-order valence-corrected chi connectivity index (χ2v) is 5.06. The molecule has 0 bridgehead atoms. The Morgan fingerprint density at radius 3 is 2.38 bits per heavy atom. The molecule has 88 valence electrons. The molecule has 1 aromatic rings. The van der Waals surface area contributed by atoms with Crippen LogP contribution >= 0.6 is 0 Å². The Morgan fingerprint density at radius 1 is 1.38 bits per heavy atom. The second-order valence-electron chi connectivity index (χ2n) is 5.06. The van der Waals surface area contributed by atoms with Crippen LogP contribution in [0, 0.1) is 0 Å². The van der Waals surface area contributed by atoms with Gasteiger partial charge in [0, 0.05) is 6.04 Å². The van der Waals surface area contributed by atoms with E-state index in [9.17, 15) is 5.11 Å². The number of hydrogen-bond donors (Lipinski definition) is 2. The van der Waals surface area contributed by atoms with Crippen molar-refractivity contribution in [3.8, 4) is 0 Å². The van der Waals surface area contributed by atoms with Crippen molar-refractivity contribution in [2.75, 3.05) is 0 Å². The van der Waals surface area contributed by atoms with Gasteiger partial charge in [0.15, 0.2) is 0 Å². The topological polar surface area (TPSA) is 42.2 Å². The highest BCUT2D eigenvalue weighted by Crippen LogP contribution is 2.48. The highest BCUT2D eigenvalue weighted by Gasteiger charge is 2.62. The predicted octanol–water partition coefficient (Wildman–Crippen LogP) is 2.42. The smallest absolute Gasteiger partial charge is 0.0879 e. The van der Waals surface area contributed by atoms with E-state index in [1.54, 1.807) is 0 Å². The van der Waals surface area contributed by atoms with Crippen LogP contribution in [0.25, 0.3) is 0 Å². The molecule has 0 saturated carbocycles. The Bertz CT molecular complexity index is 360. The summed E-state index contributed by atoms with van der Waals surface area (Å²) in [5.41, 5.74) is 0.272. The van der Waals surface area contributed by atoms with E-state index in [0.29, 0.717) is 6.04 Å². The lowest BCUT2D eigenvalue weighted by atomic mass is 9.77. The molecular weight excluding hydrogens is 198 g/mol. The molecule has 3 atom stereocenters. The summed E-state index contributed by atoms with van der Waals surface area (Å²) in [5.74, 6) is 0. The molecule has 1 fully saturated rings. The molecule has 1 saturated heterocycles. The fraction of sp³-hybridized carbons (Fsp3) is 0.571. The molecule has 0 aliphatic carbocycles. The summed E-state index contributed by atoms with van der Waals surface area (Å²) in [5, 5.41) is 14.1. The molecule has 0 aromatic heterocycles. The van der Waals surface area contributed by atoms with Crippen molar-refractivity contribution in [1.82, 2.24) is 5.32 Å². The van der Waals surface area contributed by atoms with Gasteiger partial charge in [-0.25, -0.2) is 0 Å². The minimum Gasteiger partial charge on any atom is -0.388 e. The molecule has 2 nitrogen and oxygen atoms in total. The zero-order chi connectivity index (χ0) is 11.8. The van der Waals surface area contributed by atoms with E-state index in [-0.39, 0.29) is 5.54 Å². The van der Waals surface area contributed by atoms with Crippen LogP contribution in [-0.4, -0.2) is 16.7 Å². The van der Waals surface area contributed by atoms with E-state index < -0.39 is 5.60 Å². The molecule has 2 rings (SSSR count). The lowest BCUT2D eigenvalue weighted by Gasteiger charge is -2.33. The van der Waals surface area contributed by atoms with Gasteiger partial charge in [-0.15, -0.1) is 0 Å². The van der Waals surface area contributed by atoms with E-state index in [4.69, 9.17) is 0 Å². The molecule has 2 N–H and O–H groups in total. The third-order valence-corrected chi connectivity index (χ3v) is 3.83. The van der Waals surface area contributed by atoms with Gasteiger partial charge >= 0.3 is 0 Å². The summed E-state index contributed by atoms with van der Waals surface area (Å²) in [4.78, 5) is 0. The molecule has 0 radical (unpaired) electrons. The third-order valence-electron chi connectivity index (χ3n) is 3.83. The average Bonchev–Trinajstić information content (AvgIpc) is 2.93. The quantitative estimate of drug-likeness (QED) is 0.764. The Hall–Kier alpha value is -0.860. The molecule has 16 heavy (non-hydrogen) atoms. The van der Waals surface area contributed by atoms with Gasteiger partial charge in [0.2, 0.25) is 0 Å². The van der Waals surface area contributed by atoms with Crippen molar-refractivity contribution in [3.63, 3.8) is 0 Å². The summed E-state index contributed by atoms with van der Waals surface area (Å²) in [6, 6.07) is 10.6. The highest BCUT2D eigenvalue weighted by atomic mass is 16.3. The molecular formula is C14H21NO. The van der Waals surface area contributed by atoms with Crippen LogP contribution < -0.4 is 5.32 Å². The number of aliphatic hydroxyl groups is 1. The van der Waals surface area contributed by atoms with Crippen LogP contribution in [0.5, 0.6) is 0 Å². The van der Waals surface area contributed by atoms with Gasteiger partial charge in [-0.2, -0.15) is 0 Å². The SMILES string of the molecule is CCC[C@@](C)(O)C1(c2ccccc2)NC1C. The summed E-state index contributed by atoms with van der Waals surface area (Å²) in [7, 11) is 0. The molecule has 2 unspecified atom stereocenters. The third kappa shape index (κ3) is 1.57. The normalized spacial score (nSPS) is 32.1. The zero-order valence-electron chi connectivity index (χ0n) is 10.3. The van der Waals surface area contributed by atoms with Crippen molar-refractivity contribution in [2.45, 2.75) is 50.8 Å².